The largest absolute Gasteiger partial charge is 0.416 e. The SMILES string of the molecule is CC[C@@H](C)NC(=O)[C@H](C)N(Cc1ccccc1)C(=O)CN(c1cccc(C(F)(F)F)c1)S(C)(=O)=O. The lowest BCUT2D eigenvalue weighted by atomic mass is 10.1. The Balaban J connectivity index is 2.41. The van der Waals surface area contributed by atoms with Gasteiger partial charge in [-0.25, -0.2) is 8.42 Å². The van der Waals surface area contributed by atoms with Crippen LogP contribution in [0.3, 0.4) is 0 Å². The van der Waals surface area contributed by atoms with Gasteiger partial charge in [-0.3, -0.25) is 13.9 Å². The summed E-state index contributed by atoms with van der Waals surface area (Å²) in [6.45, 7) is 4.46. The fraction of sp³-hybridized carbons (Fsp3) is 0.417. The molecule has 0 radical (unpaired) electrons. The van der Waals surface area contributed by atoms with Gasteiger partial charge in [0.05, 0.1) is 17.5 Å². The van der Waals surface area contributed by atoms with Crippen LogP contribution in [-0.2, 0) is 32.3 Å². The van der Waals surface area contributed by atoms with Gasteiger partial charge in [0.15, 0.2) is 0 Å². The number of carbonyl (C=O) groups is 2. The minimum Gasteiger partial charge on any atom is -0.352 e. The summed E-state index contributed by atoms with van der Waals surface area (Å²) in [5.41, 5.74) is -0.639. The summed E-state index contributed by atoms with van der Waals surface area (Å²) >= 11 is 0. The molecule has 0 spiro atoms. The van der Waals surface area contributed by atoms with E-state index in [0.717, 1.165) is 18.4 Å². The van der Waals surface area contributed by atoms with Crippen LogP contribution in [0.25, 0.3) is 0 Å². The van der Waals surface area contributed by atoms with Crippen molar-refractivity contribution in [1.82, 2.24) is 10.2 Å². The van der Waals surface area contributed by atoms with Crippen molar-refractivity contribution >= 4 is 27.5 Å². The summed E-state index contributed by atoms with van der Waals surface area (Å²) in [6.07, 6.45) is -3.21. The van der Waals surface area contributed by atoms with E-state index in [1.54, 1.807) is 30.3 Å². The Labute approximate surface area is 204 Å². The lowest BCUT2D eigenvalue weighted by molar-refractivity contribution is -0.139. The summed E-state index contributed by atoms with van der Waals surface area (Å²) in [7, 11) is -4.13. The zero-order chi connectivity index (χ0) is 26.4. The van der Waals surface area contributed by atoms with Crippen LogP contribution in [-0.4, -0.2) is 50.0 Å². The van der Waals surface area contributed by atoms with Crippen molar-refractivity contribution in [3.05, 3.63) is 65.7 Å². The van der Waals surface area contributed by atoms with Crippen LogP contribution in [0.15, 0.2) is 54.6 Å². The van der Waals surface area contributed by atoms with Crippen LogP contribution in [0.4, 0.5) is 18.9 Å². The molecule has 7 nitrogen and oxygen atoms in total. The van der Waals surface area contributed by atoms with Crippen molar-refractivity contribution in [1.29, 1.82) is 0 Å². The van der Waals surface area contributed by atoms with Gasteiger partial charge in [-0.05, 0) is 44.0 Å². The van der Waals surface area contributed by atoms with Crippen molar-refractivity contribution in [2.45, 2.75) is 52.0 Å². The maximum absolute atomic E-state index is 13.4. The van der Waals surface area contributed by atoms with Gasteiger partial charge in [0.25, 0.3) is 0 Å². The number of anilines is 1. The van der Waals surface area contributed by atoms with E-state index in [0.29, 0.717) is 22.4 Å². The van der Waals surface area contributed by atoms with E-state index < -0.39 is 46.2 Å². The number of alkyl halides is 3. The minimum atomic E-state index is -4.69. The summed E-state index contributed by atoms with van der Waals surface area (Å²) in [5.74, 6) is -1.16. The van der Waals surface area contributed by atoms with Crippen molar-refractivity contribution in [2.75, 3.05) is 17.1 Å². The smallest absolute Gasteiger partial charge is 0.352 e. The molecule has 0 aromatic heterocycles. The van der Waals surface area contributed by atoms with Gasteiger partial charge in [0, 0.05) is 12.6 Å². The van der Waals surface area contributed by atoms with Crippen molar-refractivity contribution in [3.8, 4) is 0 Å². The van der Waals surface area contributed by atoms with Crippen molar-refractivity contribution in [2.24, 2.45) is 0 Å². The molecule has 11 heteroatoms. The van der Waals surface area contributed by atoms with Gasteiger partial charge >= 0.3 is 6.18 Å². The molecule has 2 atom stereocenters. The number of rotatable bonds is 10. The predicted octanol–water partition coefficient (Wildman–Crippen LogP) is 3.80. The highest BCUT2D eigenvalue weighted by Gasteiger charge is 2.33. The van der Waals surface area contributed by atoms with Crippen LogP contribution < -0.4 is 9.62 Å². The quantitative estimate of drug-likeness (QED) is 0.524. The van der Waals surface area contributed by atoms with Crippen LogP contribution in [0.5, 0.6) is 0 Å². The molecule has 1 N–H and O–H groups in total. The molecule has 2 rings (SSSR count). The van der Waals surface area contributed by atoms with Crippen LogP contribution >= 0.6 is 0 Å². The van der Waals surface area contributed by atoms with Crippen LogP contribution in [0, 0.1) is 0 Å². The Hall–Kier alpha value is -3.08. The first-order valence-electron chi connectivity index (χ1n) is 11.0. The van der Waals surface area contributed by atoms with E-state index in [-0.39, 0.29) is 18.3 Å². The maximum Gasteiger partial charge on any atom is 0.416 e. The molecule has 0 aliphatic carbocycles. The van der Waals surface area contributed by atoms with Crippen molar-refractivity contribution in [3.63, 3.8) is 0 Å². The zero-order valence-electron chi connectivity index (χ0n) is 20.0. The molecule has 2 aromatic carbocycles. The standard InChI is InChI=1S/C24H30F3N3O4S/c1-5-17(2)28-23(32)18(3)29(15-19-10-7-6-8-11-19)22(31)16-30(35(4,33)34)21-13-9-12-20(14-21)24(25,26)27/h6-14,17-18H,5,15-16H2,1-4H3,(H,28,32)/t17-,18+/m1/s1. The molecule has 0 heterocycles. The minimum absolute atomic E-state index is 0.00889. The number of hydrogen-bond donors (Lipinski definition) is 1. The number of sulfonamides is 1. The molecule has 0 aliphatic heterocycles. The molecule has 2 amide bonds. The van der Waals surface area contributed by atoms with Gasteiger partial charge in [0.2, 0.25) is 21.8 Å². The number of carbonyl (C=O) groups excluding carboxylic acids is 2. The van der Waals surface area contributed by atoms with E-state index in [1.807, 2.05) is 13.8 Å². The van der Waals surface area contributed by atoms with Gasteiger partial charge in [-0.1, -0.05) is 43.3 Å². The second-order valence-electron chi connectivity index (χ2n) is 8.32. The zero-order valence-corrected chi connectivity index (χ0v) is 20.9. The van der Waals surface area contributed by atoms with Gasteiger partial charge in [-0.2, -0.15) is 13.2 Å². The molecule has 0 saturated carbocycles. The van der Waals surface area contributed by atoms with Crippen LogP contribution in [0.2, 0.25) is 0 Å². The molecule has 35 heavy (non-hydrogen) atoms. The molecule has 0 unspecified atom stereocenters. The number of amides is 2. The normalized spacial score (nSPS) is 13.6. The number of benzene rings is 2. The molecular formula is C24H30F3N3O4S. The maximum atomic E-state index is 13.4. The topological polar surface area (TPSA) is 86.8 Å². The molecular weight excluding hydrogens is 483 g/mol. The van der Waals surface area contributed by atoms with Crippen molar-refractivity contribution < 1.29 is 31.2 Å². The molecule has 0 fully saturated rings. The predicted molar refractivity (Wildman–Crippen MR) is 128 cm³/mol. The number of nitrogens with zero attached hydrogens (tertiary/aromatic N) is 2. The van der Waals surface area contributed by atoms with Gasteiger partial charge < -0.3 is 10.2 Å². The molecule has 0 bridgehead atoms. The molecule has 192 valence electrons. The van der Waals surface area contributed by atoms with E-state index in [1.165, 1.54) is 17.9 Å². The fourth-order valence-corrected chi connectivity index (χ4v) is 4.12. The Morgan fingerprint density at radius 1 is 1.03 bits per heavy atom. The summed E-state index contributed by atoms with van der Waals surface area (Å²) in [4.78, 5) is 27.4. The van der Waals surface area contributed by atoms with E-state index in [4.69, 9.17) is 0 Å². The molecule has 0 aliphatic rings. The Kier molecular flexibility index (Phi) is 9.31. The van der Waals surface area contributed by atoms with E-state index >= 15 is 0 Å². The second kappa shape index (κ2) is 11.6. The fourth-order valence-electron chi connectivity index (χ4n) is 3.28. The third-order valence-electron chi connectivity index (χ3n) is 5.50. The first-order chi connectivity index (χ1) is 16.2. The first kappa shape index (κ1) is 28.2. The first-order valence-corrected chi connectivity index (χ1v) is 12.9. The average molecular weight is 514 g/mol. The second-order valence-corrected chi connectivity index (χ2v) is 10.2. The highest BCUT2D eigenvalue weighted by molar-refractivity contribution is 7.92. The van der Waals surface area contributed by atoms with E-state index in [2.05, 4.69) is 5.32 Å². The van der Waals surface area contributed by atoms with Gasteiger partial charge in [-0.15, -0.1) is 0 Å². The third kappa shape index (κ3) is 7.98. The van der Waals surface area contributed by atoms with Gasteiger partial charge in [0.1, 0.15) is 12.6 Å². The number of nitrogens with one attached hydrogen (secondary N) is 1. The Morgan fingerprint density at radius 2 is 1.66 bits per heavy atom. The Morgan fingerprint density at radius 3 is 2.20 bits per heavy atom. The lowest BCUT2D eigenvalue weighted by Crippen LogP contribution is -2.52. The number of halogens is 3. The highest BCUT2D eigenvalue weighted by Crippen LogP contribution is 2.32. The summed E-state index contributed by atoms with van der Waals surface area (Å²) in [5, 5.41) is 2.80. The summed E-state index contributed by atoms with van der Waals surface area (Å²) in [6, 6.07) is 11.4. The number of hydrogen-bond acceptors (Lipinski definition) is 4. The summed E-state index contributed by atoms with van der Waals surface area (Å²) < 4.78 is 65.2. The third-order valence-corrected chi connectivity index (χ3v) is 6.65. The van der Waals surface area contributed by atoms with E-state index in [9.17, 15) is 31.2 Å². The highest BCUT2D eigenvalue weighted by atomic mass is 32.2. The molecule has 0 saturated heterocycles. The Bertz CT molecular complexity index is 1120. The lowest BCUT2D eigenvalue weighted by Gasteiger charge is -2.32. The molecule has 2 aromatic rings. The monoisotopic (exact) mass is 513 g/mol. The average Bonchev–Trinajstić information content (AvgIpc) is 2.79. The van der Waals surface area contributed by atoms with Crippen LogP contribution in [0.1, 0.15) is 38.3 Å².